The monoisotopic (exact) mass is 162 g/mol. The molecule has 1 aromatic heterocycles. The quantitative estimate of drug-likeness (QED) is 0.429. The zero-order valence-electron chi connectivity index (χ0n) is 3.05. The van der Waals surface area contributed by atoms with E-state index in [0.717, 1.165) is 0 Å². The maximum absolute atomic E-state index is 5.02. The van der Waals surface area contributed by atoms with E-state index in [-0.39, 0.29) is 23.5 Å². The summed E-state index contributed by atoms with van der Waals surface area (Å²) in [7, 11) is 0. The second-order valence-electron chi connectivity index (χ2n) is 0.857. The number of nitrogens with two attached hydrogens (primary N) is 1. The van der Waals surface area contributed by atoms with E-state index in [2.05, 4.69) is 15.2 Å². The Bertz CT molecular complexity index is 113. The third-order valence-corrected chi connectivity index (χ3v) is 0.434. The number of nitrogens with one attached hydrogen (secondary N) is 1. The Morgan fingerprint density at radius 2 is 2.43 bits per heavy atom. The number of nitrogen functional groups attached to an aromatic ring is 1. The van der Waals surface area contributed by atoms with E-state index in [4.69, 9.17) is 5.73 Å². The molecule has 0 bridgehead atoms. The molecule has 40 valence electrons. The van der Waals surface area contributed by atoms with Gasteiger partial charge in [0.05, 0.1) is 0 Å². The van der Waals surface area contributed by atoms with E-state index < -0.39 is 0 Å². The molecule has 5 heteroatoms. The molecular formula is C2H8GeN4. The summed E-state index contributed by atoms with van der Waals surface area (Å²) in [5.74, 6) is 0.287. The standard InChI is InChI=1S/C2H4N4.GeH4/c3-2-4-1-5-6-2;/h1H,(H3,3,4,5,6);1H4. The molecule has 1 rings (SSSR count). The molecule has 1 heterocycles. The van der Waals surface area contributed by atoms with Crippen LogP contribution in [0.3, 0.4) is 0 Å². The van der Waals surface area contributed by atoms with Crippen LogP contribution in [0.15, 0.2) is 6.33 Å². The van der Waals surface area contributed by atoms with Crippen LogP contribution in [0.25, 0.3) is 0 Å². The van der Waals surface area contributed by atoms with E-state index in [1.54, 1.807) is 0 Å². The van der Waals surface area contributed by atoms with Crippen LogP contribution in [0.4, 0.5) is 5.95 Å². The Hall–Kier alpha value is -0.517. The number of hydrogen-bond donors (Lipinski definition) is 2. The summed E-state index contributed by atoms with van der Waals surface area (Å²) in [6.45, 7) is 0. The van der Waals surface area contributed by atoms with Gasteiger partial charge in [0, 0.05) is 0 Å². The summed E-state index contributed by atoms with van der Waals surface area (Å²) < 4.78 is 0. The fourth-order valence-corrected chi connectivity index (χ4v) is 0.219. The van der Waals surface area contributed by atoms with Crippen molar-refractivity contribution in [1.82, 2.24) is 15.2 Å². The van der Waals surface area contributed by atoms with Crippen molar-refractivity contribution >= 4 is 23.5 Å². The summed E-state index contributed by atoms with van der Waals surface area (Å²) in [6, 6.07) is 0. The van der Waals surface area contributed by atoms with Crippen molar-refractivity contribution in [2.45, 2.75) is 0 Å². The molecule has 1 aromatic rings. The third-order valence-electron chi connectivity index (χ3n) is 0.434. The van der Waals surface area contributed by atoms with Crippen molar-refractivity contribution < 1.29 is 0 Å². The number of H-pyrrole nitrogens is 1. The summed E-state index contributed by atoms with van der Waals surface area (Å²) >= 11 is 0. The topological polar surface area (TPSA) is 67.6 Å². The Morgan fingerprint density at radius 1 is 1.71 bits per heavy atom. The molecule has 0 saturated heterocycles. The van der Waals surface area contributed by atoms with Gasteiger partial charge in [-0.25, -0.2) is 4.98 Å². The van der Waals surface area contributed by atoms with Crippen molar-refractivity contribution in [3.63, 3.8) is 0 Å². The van der Waals surface area contributed by atoms with E-state index in [1.807, 2.05) is 0 Å². The second kappa shape index (κ2) is 2.62. The van der Waals surface area contributed by atoms with Gasteiger partial charge in [-0.1, -0.05) is 0 Å². The number of aromatic nitrogens is 3. The molecule has 0 spiro atoms. The summed E-state index contributed by atoms with van der Waals surface area (Å²) in [4.78, 5) is 3.53. The summed E-state index contributed by atoms with van der Waals surface area (Å²) in [5, 5.41) is 5.90. The maximum atomic E-state index is 5.02. The van der Waals surface area contributed by atoms with Crippen LogP contribution in [-0.2, 0) is 0 Å². The Labute approximate surface area is 51.5 Å². The predicted octanol–water partition coefficient (Wildman–Crippen LogP) is -2.06. The normalized spacial score (nSPS) is 7.43. The van der Waals surface area contributed by atoms with Crippen LogP contribution in [0, 0.1) is 0 Å². The van der Waals surface area contributed by atoms with Crippen LogP contribution in [-0.4, -0.2) is 32.8 Å². The number of hydrogen-bond acceptors (Lipinski definition) is 3. The zero-order valence-corrected chi connectivity index (χ0v) is 3.05. The molecule has 0 fully saturated rings. The molecule has 0 aromatic carbocycles. The van der Waals surface area contributed by atoms with Crippen LogP contribution < -0.4 is 5.73 Å². The van der Waals surface area contributed by atoms with Gasteiger partial charge in [0.1, 0.15) is 6.33 Å². The first-order valence-corrected chi connectivity index (χ1v) is 1.51. The minimum atomic E-state index is 0. The van der Waals surface area contributed by atoms with Crippen LogP contribution >= 0.6 is 0 Å². The molecule has 7 heavy (non-hydrogen) atoms. The number of anilines is 1. The summed E-state index contributed by atoms with van der Waals surface area (Å²) in [5.41, 5.74) is 5.02. The molecule has 4 nitrogen and oxygen atoms in total. The van der Waals surface area contributed by atoms with Crippen molar-refractivity contribution in [2.24, 2.45) is 0 Å². The van der Waals surface area contributed by atoms with Gasteiger partial charge in [-0.2, -0.15) is 0 Å². The van der Waals surface area contributed by atoms with Gasteiger partial charge in [-0.3, -0.25) is 5.10 Å². The SMILES string of the molecule is Nc1nc[nH]n1.[GeH4]. The average Bonchev–Trinajstić information content (AvgIpc) is 1.86. The molecule has 0 radical (unpaired) electrons. The Kier molecular flexibility index (Phi) is 2.43. The Balaban J connectivity index is 0.000000360. The van der Waals surface area contributed by atoms with E-state index in [9.17, 15) is 0 Å². The molecule has 0 aliphatic heterocycles. The molecule has 0 atom stereocenters. The van der Waals surface area contributed by atoms with Crippen molar-refractivity contribution in [3.05, 3.63) is 6.33 Å². The second-order valence-corrected chi connectivity index (χ2v) is 0.857. The first-order chi connectivity index (χ1) is 2.89. The minimum absolute atomic E-state index is 0. The molecule has 0 saturated carbocycles. The van der Waals surface area contributed by atoms with Crippen LogP contribution in [0.2, 0.25) is 0 Å². The van der Waals surface area contributed by atoms with Crippen molar-refractivity contribution in [3.8, 4) is 0 Å². The van der Waals surface area contributed by atoms with E-state index in [0.29, 0.717) is 0 Å². The van der Waals surface area contributed by atoms with E-state index in [1.165, 1.54) is 6.33 Å². The molecule has 3 N–H and O–H groups in total. The summed E-state index contributed by atoms with van der Waals surface area (Å²) in [6.07, 6.45) is 1.43. The van der Waals surface area contributed by atoms with Gasteiger partial charge < -0.3 is 5.73 Å². The zero-order chi connectivity index (χ0) is 4.41. The van der Waals surface area contributed by atoms with E-state index >= 15 is 0 Å². The molecular weight excluding hydrogens is 153 g/mol. The van der Waals surface area contributed by atoms with Crippen LogP contribution in [0.5, 0.6) is 0 Å². The van der Waals surface area contributed by atoms with Gasteiger partial charge in [0.25, 0.3) is 0 Å². The first-order valence-electron chi connectivity index (χ1n) is 1.51. The third kappa shape index (κ3) is 1.58. The number of aromatic amines is 1. The van der Waals surface area contributed by atoms with Gasteiger partial charge in [0.2, 0.25) is 5.95 Å². The average molecular weight is 161 g/mol. The number of rotatable bonds is 0. The molecule has 0 unspecified atom stereocenters. The fourth-order valence-electron chi connectivity index (χ4n) is 0.219. The van der Waals surface area contributed by atoms with Gasteiger partial charge in [0.15, 0.2) is 0 Å². The van der Waals surface area contributed by atoms with Gasteiger partial charge in [-0.05, 0) is 0 Å². The van der Waals surface area contributed by atoms with Crippen LogP contribution in [0.1, 0.15) is 0 Å². The van der Waals surface area contributed by atoms with Gasteiger partial charge in [-0.15, -0.1) is 5.10 Å². The van der Waals surface area contributed by atoms with Crippen molar-refractivity contribution in [2.75, 3.05) is 5.73 Å². The number of nitrogens with zero attached hydrogens (tertiary/aromatic N) is 2. The van der Waals surface area contributed by atoms with Gasteiger partial charge >= 0.3 is 17.6 Å². The fraction of sp³-hybridized carbons (Fsp3) is 0. The molecule has 0 aliphatic rings. The molecule has 0 aliphatic carbocycles. The molecule has 0 amide bonds. The predicted molar refractivity (Wildman–Crippen MR) is 32.1 cm³/mol. The first kappa shape index (κ1) is 6.48. The Morgan fingerprint density at radius 3 is 2.57 bits per heavy atom. The van der Waals surface area contributed by atoms with Crippen molar-refractivity contribution in [1.29, 1.82) is 0 Å².